The van der Waals surface area contributed by atoms with Crippen LogP contribution in [0.25, 0.3) is 22.2 Å². The zero-order valence-electron chi connectivity index (χ0n) is 18.9. The molecule has 3 aromatic rings. The fourth-order valence-electron chi connectivity index (χ4n) is 4.40. The van der Waals surface area contributed by atoms with Crippen LogP contribution in [0, 0.1) is 0 Å². The summed E-state index contributed by atoms with van der Waals surface area (Å²) in [6, 6.07) is 12.2. The minimum atomic E-state index is -0.147. The topological polar surface area (TPSA) is 67.2 Å². The van der Waals surface area contributed by atoms with Gasteiger partial charge >= 0.3 is 0 Å². The second-order valence-electron chi connectivity index (χ2n) is 8.53. The zero-order valence-corrected chi connectivity index (χ0v) is 20.5. The molecule has 0 atom stereocenters. The van der Waals surface area contributed by atoms with Crippen LogP contribution in [-0.4, -0.2) is 34.4 Å². The van der Waals surface area contributed by atoms with E-state index in [1.165, 1.54) is 35.1 Å². The molecule has 1 saturated carbocycles. The zero-order chi connectivity index (χ0) is 22.8. The molecule has 1 aliphatic carbocycles. The van der Waals surface area contributed by atoms with E-state index < -0.39 is 0 Å². The molecular formula is C26H30BrN3O2. The van der Waals surface area contributed by atoms with Crippen LogP contribution in [-0.2, 0) is 0 Å². The van der Waals surface area contributed by atoms with Gasteiger partial charge in [-0.05, 0) is 91.6 Å². The Bertz CT molecular complexity index is 1170. The maximum atomic E-state index is 12.9. The van der Waals surface area contributed by atoms with Crippen LogP contribution >= 0.6 is 15.9 Å². The predicted octanol–water partition coefficient (Wildman–Crippen LogP) is 5.98. The number of carbonyl (C=O) groups is 1. The first-order chi connectivity index (χ1) is 15.5. The van der Waals surface area contributed by atoms with Crippen molar-refractivity contribution in [1.29, 1.82) is 0 Å². The van der Waals surface area contributed by atoms with E-state index in [2.05, 4.69) is 47.2 Å². The quantitative estimate of drug-likeness (QED) is 0.403. The number of allylic oxidation sites excluding steroid dienone is 1. The van der Waals surface area contributed by atoms with Gasteiger partial charge in [-0.1, -0.05) is 34.8 Å². The summed E-state index contributed by atoms with van der Waals surface area (Å²) in [6.45, 7) is 4.46. The SMILES string of the molecule is CCC/C(=C(/C)CCO)c1cc2nn(-c3ccc(Br)cc3)c(C(=O)NC)c2cc1C1CC1. The largest absolute Gasteiger partial charge is 0.396 e. The Balaban J connectivity index is 1.98. The van der Waals surface area contributed by atoms with Gasteiger partial charge in [0.05, 0.1) is 11.2 Å². The summed E-state index contributed by atoms with van der Waals surface area (Å²) in [6.07, 6.45) is 5.03. The van der Waals surface area contributed by atoms with E-state index in [9.17, 15) is 9.90 Å². The van der Waals surface area contributed by atoms with Gasteiger partial charge in [0, 0.05) is 23.5 Å². The second kappa shape index (κ2) is 9.59. The highest BCUT2D eigenvalue weighted by atomic mass is 79.9. The van der Waals surface area contributed by atoms with Crippen molar-refractivity contribution in [3.05, 3.63) is 63.3 Å². The Morgan fingerprint density at radius 1 is 1.22 bits per heavy atom. The van der Waals surface area contributed by atoms with Crippen molar-refractivity contribution in [2.75, 3.05) is 13.7 Å². The van der Waals surface area contributed by atoms with E-state index in [0.29, 0.717) is 18.0 Å². The minimum absolute atomic E-state index is 0.147. The molecule has 1 heterocycles. The highest BCUT2D eigenvalue weighted by Gasteiger charge is 2.30. The minimum Gasteiger partial charge on any atom is -0.396 e. The van der Waals surface area contributed by atoms with Gasteiger partial charge in [0.2, 0.25) is 0 Å². The molecule has 168 valence electrons. The number of benzene rings is 2. The Kier molecular flexibility index (Phi) is 6.82. The fourth-order valence-corrected chi connectivity index (χ4v) is 4.66. The lowest BCUT2D eigenvalue weighted by Crippen LogP contribution is -2.21. The maximum absolute atomic E-state index is 12.9. The molecule has 2 N–H and O–H groups in total. The van der Waals surface area contributed by atoms with Gasteiger partial charge in [0.25, 0.3) is 5.91 Å². The molecule has 0 bridgehead atoms. The first kappa shape index (κ1) is 22.7. The van der Waals surface area contributed by atoms with Crippen molar-refractivity contribution in [2.45, 2.75) is 51.9 Å². The lowest BCUT2D eigenvalue weighted by molar-refractivity contribution is 0.0957. The van der Waals surface area contributed by atoms with Gasteiger partial charge in [-0.3, -0.25) is 4.79 Å². The molecule has 1 amide bonds. The number of amides is 1. The monoisotopic (exact) mass is 495 g/mol. The summed E-state index contributed by atoms with van der Waals surface area (Å²) < 4.78 is 2.73. The van der Waals surface area contributed by atoms with Crippen LogP contribution in [0.4, 0.5) is 0 Å². The van der Waals surface area contributed by atoms with E-state index in [1.807, 2.05) is 24.3 Å². The van der Waals surface area contributed by atoms with Crippen molar-refractivity contribution in [2.24, 2.45) is 0 Å². The van der Waals surface area contributed by atoms with Gasteiger partial charge < -0.3 is 10.4 Å². The number of aliphatic hydroxyl groups is 1. The molecule has 2 aromatic carbocycles. The lowest BCUT2D eigenvalue weighted by atomic mass is 9.88. The second-order valence-corrected chi connectivity index (χ2v) is 9.44. The van der Waals surface area contributed by atoms with E-state index in [4.69, 9.17) is 5.10 Å². The average Bonchev–Trinajstić information content (AvgIpc) is 3.57. The third-order valence-corrected chi connectivity index (χ3v) is 6.73. The molecule has 1 fully saturated rings. The Hall–Kier alpha value is -2.44. The first-order valence-electron chi connectivity index (χ1n) is 11.3. The number of halogens is 1. The molecule has 0 aliphatic heterocycles. The van der Waals surface area contributed by atoms with Crippen LogP contribution in [0.1, 0.15) is 73.5 Å². The van der Waals surface area contributed by atoms with Crippen molar-refractivity contribution in [3.63, 3.8) is 0 Å². The van der Waals surface area contributed by atoms with Gasteiger partial charge in [-0.25, -0.2) is 4.68 Å². The number of fused-ring (bicyclic) bond motifs is 1. The highest BCUT2D eigenvalue weighted by molar-refractivity contribution is 9.10. The van der Waals surface area contributed by atoms with Crippen LogP contribution < -0.4 is 5.32 Å². The molecule has 0 saturated heterocycles. The van der Waals surface area contributed by atoms with Gasteiger partial charge in [-0.15, -0.1) is 0 Å². The van der Waals surface area contributed by atoms with Crippen LogP contribution in [0.2, 0.25) is 0 Å². The number of nitrogens with zero attached hydrogens (tertiary/aromatic N) is 2. The molecule has 4 rings (SSSR count). The number of hydrogen-bond donors (Lipinski definition) is 2. The molecule has 0 spiro atoms. The van der Waals surface area contributed by atoms with Crippen LogP contribution in [0.3, 0.4) is 0 Å². The number of aromatic nitrogens is 2. The molecular weight excluding hydrogens is 466 g/mol. The average molecular weight is 496 g/mol. The maximum Gasteiger partial charge on any atom is 0.270 e. The summed E-state index contributed by atoms with van der Waals surface area (Å²) in [7, 11) is 1.66. The van der Waals surface area contributed by atoms with Crippen molar-refractivity contribution < 1.29 is 9.90 Å². The van der Waals surface area contributed by atoms with Crippen molar-refractivity contribution >= 4 is 38.3 Å². The summed E-state index contributed by atoms with van der Waals surface area (Å²) in [5.41, 5.74) is 7.30. The van der Waals surface area contributed by atoms with Crippen molar-refractivity contribution in [1.82, 2.24) is 15.1 Å². The van der Waals surface area contributed by atoms with E-state index in [0.717, 1.165) is 33.9 Å². The van der Waals surface area contributed by atoms with Crippen molar-refractivity contribution in [3.8, 4) is 5.69 Å². The standard InChI is InChI=1S/C26H30BrN3O2/c1-4-5-20(16(2)12-13-31)22-15-24-23(14-21(22)17-6-7-17)25(26(32)28-3)30(29-24)19-10-8-18(27)9-11-19/h8-11,14-15,17,31H,4-7,12-13H2,1-3H3,(H,28,32)/b20-16+. The number of nitrogens with one attached hydrogen (secondary N) is 1. The molecule has 1 aliphatic rings. The lowest BCUT2D eigenvalue weighted by Gasteiger charge is -2.16. The highest BCUT2D eigenvalue weighted by Crippen LogP contribution is 2.46. The summed E-state index contributed by atoms with van der Waals surface area (Å²) in [5.74, 6) is 0.377. The Labute approximate surface area is 197 Å². The van der Waals surface area contributed by atoms with Gasteiger partial charge in [-0.2, -0.15) is 5.10 Å². The Morgan fingerprint density at radius 3 is 2.53 bits per heavy atom. The molecule has 1 aromatic heterocycles. The number of carbonyl (C=O) groups excluding carboxylic acids is 1. The molecule has 5 nitrogen and oxygen atoms in total. The smallest absolute Gasteiger partial charge is 0.270 e. The van der Waals surface area contributed by atoms with Gasteiger partial charge in [0.15, 0.2) is 0 Å². The summed E-state index contributed by atoms with van der Waals surface area (Å²) >= 11 is 3.48. The molecule has 32 heavy (non-hydrogen) atoms. The fraction of sp³-hybridized carbons (Fsp3) is 0.385. The van der Waals surface area contributed by atoms with E-state index >= 15 is 0 Å². The molecule has 0 radical (unpaired) electrons. The number of hydrogen-bond acceptors (Lipinski definition) is 3. The van der Waals surface area contributed by atoms with E-state index in [1.54, 1.807) is 11.7 Å². The number of aliphatic hydroxyl groups excluding tert-OH is 1. The molecule has 6 heteroatoms. The summed E-state index contributed by atoms with van der Waals surface area (Å²) in [4.78, 5) is 12.9. The third kappa shape index (κ3) is 4.39. The Morgan fingerprint density at radius 2 is 1.94 bits per heavy atom. The normalized spacial score (nSPS) is 14.5. The van der Waals surface area contributed by atoms with Crippen LogP contribution in [0.15, 0.2) is 46.4 Å². The predicted molar refractivity (Wildman–Crippen MR) is 133 cm³/mol. The van der Waals surface area contributed by atoms with E-state index in [-0.39, 0.29) is 12.5 Å². The van der Waals surface area contributed by atoms with Crippen LogP contribution in [0.5, 0.6) is 0 Å². The molecule has 0 unspecified atom stereocenters. The first-order valence-corrected chi connectivity index (χ1v) is 12.1. The summed E-state index contributed by atoms with van der Waals surface area (Å²) in [5, 5.41) is 18.1. The van der Waals surface area contributed by atoms with Gasteiger partial charge in [0.1, 0.15) is 5.69 Å². The number of rotatable bonds is 8. The third-order valence-electron chi connectivity index (χ3n) is 6.20.